The fraction of sp³-hybridized carbons (Fsp3) is 0.286. The van der Waals surface area contributed by atoms with Gasteiger partial charge in [-0.25, -0.2) is 9.59 Å². The molecule has 1 aliphatic heterocycles. The Kier molecular flexibility index (Phi) is 3.29. The van der Waals surface area contributed by atoms with Gasteiger partial charge in [-0.15, -0.1) is 0 Å². The predicted molar refractivity (Wildman–Crippen MR) is 71.3 cm³/mol. The monoisotopic (exact) mass is 291 g/mol. The molecule has 1 aromatic rings. The lowest BCUT2D eigenvalue weighted by Crippen LogP contribution is -2.33. The molecule has 0 radical (unpaired) electrons. The molecule has 21 heavy (non-hydrogen) atoms. The van der Waals surface area contributed by atoms with Gasteiger partial charge in [-0.1, -0.05) is 13.8 Å². The highest BCUT2D eigenvalue weighted by molar-refractivity contribution is 6.22. The minimum absolute atomic E-state index is 0.00840. The topological polar surface area (TPSA) is 112 Å². The second-order valence-electron chi connectivity index (χ2n) is 5.47. The Hall–Kier alpha value is -2.70. The maximum absolute atomic E-state index is 12.2. The molecule has 1 heterocycles. The Bertz CT molecular complexity index is 644. The molecule has 0 atom stereocenters. The van der Waals surface area contributed by atoms with E-state index in [2.05, 4.69) is 0 Å². The summed E-state index contributed by atoms with van der Waals surface area (Å²) < 4.78 is 0. The Balaban J connectivity index is 2.58. The molecule has 1 aromatic carbocycles. The lowest BCUT2D eigenvalue weighted by atomic mass is 9.92. The molecule has 1 saturated heterocycles. The van der Waals surface area contributed by atoms with Crippen molar-refractivity contribution in [2.45, 2.75) is 20.3 Å². The minimum atomic E-state index is -1.34. The van der Waals surface area contributed by atoms with Crippen LogP contribution in [0.15, 0.2) is 18.2 Å². The van der Waals surface area contributed by atoms with Gasteiger partial charge in [0.15, 0.2) is 0 Å². The molecule has 2 rings (SSSR count). The van der Waals surface area contributed by atoms with E-state index in [1.54, 1.807) is 13.8 Å². The quantitative estimate of drug-likeness (QED) is 0.813. The summed E-state index contributed by atoms with van der Waals surface area (Å²) in [5.74, 6) is -3.63. The fourth-order valence-corrected chi connectivity index (χ4v) is 2.20. The summed E-state index contributed by atoms with van der Waals surface area (Å²) in [5, 5.41) is 18.0. The Morgan fingerprint density at radius 2 is 1.52 bits per heavy atom. The molecule has 0 aliphatic carbocycles. The van der Waals surface area contributed by atoms with Crippen LogP contribution in [0.2, 0.25) is 0 Å². The molecule has 1 aliphatic rings. The zero-order valence-corrected chi connectivity index (χ0v) is 11.4. The number of carbonyl (C=O) groups excluding carboxylic acids is 2. The van der Waals surface area contributed by atoms with Gasteiger partial charge in [0.05, 0.1) is 22.2 Å². The maximum Gasteiger partial charge on any atom is 0.335 e. The number of imide groups is 1. The van der Waals surface area contributed by atoms with E-state index in [-0.39, 0.29) is 23.2 Å². The molecular weight excluding hydrogens is 278 g/mol. The van der Waals surface area contributed by atoms with Crippen molar-refractivity contribution in [3.05, 3.63) is 29.3 Å². The number of carbonyl (C=O) groups is 4. The first-order chi connectivity index (χ1) is 9.63. The smallest absolute Gasteiger partial charge is 0.335 e. The first kappa shape index (κ1) is 14.7. The van der Waals surface area contributed by atoms with Crippen molar-refractivity contribution in [3.8, 4) is 0 Å². The second-order valence-corrected chi connectivity index (χ2v) is 5.47. The van der Waals surface area contributed by atoms with E-state index >= 15 is 0 Å². The average Bonchev–Trinajstić information content (AvgIpc) is 2.57. The second kappa shape index (κ2) is 4.69. The number of carboxylic acids is 2. The van der Waals surface area contributed by atoms with Crippen LogP contribution in [0.4, 0.5) is 5.69 Å². The van der Waals surface area contributed by atoms with Gasteiger partial charge in [-0.05, 0) is 18.2 Å². The van der Waals surface area contributed by atoms with Crippen LogP contribution in [0.3, 0.4) is 0 Å². The molecule has 0 unspecified atom stereocenters. The van der Waals surface area contributed by atoms with Crippen molar-refractivity contribution in [1.82, 2.24) is 0 Å². The molecule has 2 N–H and O–H groups in total. The van der Waals surface area contributed by atoms with Gasteiger partial charge >= 0.3 is 11.9 Å². The van der Waals surface area contributed by atoms with E-state index in [4.69, 9.17) is 10.2 Å². The number of benzene rings is 1. The van der Waals surface area contributed by atoms with Crippen LogP contribution in [-0.4, -0.2) is 34.0 Å². The van der Waals surface area contributed by atoms with Crippen LogP contribution in [0.25, 0.3) is 0 Å². The van der Waals surface area contributed by atoms with Crippen molar-refractivity contribution < 1.29 is 29.4 Å². The highest BCUT2D eigenvalue weighted by Crippen LogP contribution is 2.35. The molecule has 1 fully saturated rings. The molecule has 0 aromatic heterocycles. The van der Waals surface area contributed by atoms with Crippen LogP contribution in [-0.2, 0) is 9.59 Å². The highest BCUT2D eigenvalue weighted by atomic mass is 16.4. The maximum atomic E-state index is 12.2. The van der Waals surface area contributed by atoms with E-state index in [0.717, 1.165) is 23.1 Å². The Morgan fingerprint density at radius 1 is 1.05 bits per heavy atom. The summed E-state index contributed by atoms with van der Waals surface area (Å²) in [7, 11) is 0. The first-order valence-electron chi connectivity index (χ1n) is 6.12. The van der Waals surface area contributed by atoms with Crippen molar-refractivity contribution in [2.75, 3.05) is 4.90 Å². The number of hydrogen-bond donors (Lipinski definition) is 2. The van der Waals surface area contributed by atoms with Crippen molar-refractivity contribution >= 4 is 29.4 Å². The summed E-state index contributed by atoms with van der Waals surface area (Å²) in [6.45, 7) is 3.21. The number of aromatic carboxylic acids is 2. The zero-order valence-electron chi connectivity index (χ0n) is 11.4. The molecule has 0 spiro atoms. The van der Waals surface area contributed by atoms with Crippen LogP contribution >= 0.6 is 0 Å². The van der Waals surface area contributed by atoms with Gasteiger partial charge in [0.1, 0.15) is 0 Å². The minimum Gasteiger partial charge on any atom is -0.478 e. The summed E-state index contributed by atoms with van der Waals surface area (Å²) in [5.41, 5.74) is -1.52. The number of rotatable bonds is 3. The number of anilines is 1. The van der Waals surface area contributed by atoms with E-state index in [9.17, 15) is 19.2 Å². The summed E-state index contributed by atoms with van der Waals surface area (Å²) in [4.78, 5) is 47.1. The molecule has 0 bridgehead atoms. The summed E-state index contributed by atoms with van der Waals surface area (Å²) in [6.07, 6.45) is -0.00840. The Morgan fingerprint density at radius 3 is 1.86 bits per heavy atom. The largest absolute Gasteiger partial charge is 0.478 e. The van der Waals surface area contributed by atoms with Crippen molar-refractivity contribution in [3.63, 3.8) is 0 Å². The van der Waals surface area contributed by atoms with E-state index < -0.39 is 29.2 Å². The molecule has 2 amide bonds. The third-order valence-electron chi connectivity index (χ3n) is 3.29. The standard InChI is InChI=1S/C14H13NO6/c1-14(2)6-10(16)15(13(14)21)9-4-7(11(17)18)3-8(5-9)12(19)20/h3-5H,6H2,1-2H3,(H,17,18)(H,19,20). The molecule has 0 saturated carbocycles. The lowest BCUT2D eigenvalue weighted by molar-refractivity contribution is -0.124. The van der Waals surface area contributed by atoms with Gasteiger partial charge in [0, 0.05) is 6.42 Å². The predicted octanol–water partition coefficient (Wildman–Crippen LogP) is 1.37. The van der Waals surface area contributed by atoms with Gasteiger partial charge in [0.25, 0.3) is 0 Å². The summed E-state index contributed by atoms with van der Waals surface area (Å²) >= 11 is 0. The highest BCUT2D eigenvalue weighted by Gasteiger charge is 2.45. The molecular formula is C14H13NO6. The van der Waals surface area contributed by atoms with E-state index in [1.807, 2.05) is 0 Å². The third-order valence-corrected chi connectivity index (χ3v) is 3.29. The van der Waals surface area contributed by atoms with Crippen molar-refractivity contribution in [1.29, 1.82) is 0 Å². The number of nitrogens with zero attached hydrogens (tertiary/aromatic N) is 1. The molecule has 7 heteroatoms. The van der Waals surface area contributed by atoms with Gasteiger partial charge in [-0.2, -0.15) is 0 Å². The first-order valence-corrected chi connectivity index (χ1v) is 6.12. The van der Waals surface area contributed by atoms with E-state index in [1.165, 1.54) is 0 Å². The number of hydrogen-bond acceptors (Lipinski definition) is 4. The van der Waals surface area contributed by atoms with Gasteiger partial charge in [-0.3, -0.25) is 14.5 Å². The Labute approximate surface area is 119 Å². The molecule has 110 valence electrons. The van der Waals surface area contributed by atoms with Crippen LogP contribution < -0.4 is 4.90 Å². The normalized spacial score (nSPS) is 17.1. The zero-order chi connectivity index (χ0) is 15.9. The van der Waals surface area contributed by atoms with Crippen LogP contribution in [0.5, 0.6) is 0 Å². The average molecular weight is 291 g/mol. The van der Waals surface area contributed by atoms with Crippen molar-refractivity contribution in [2.24, 2.45) is 5.41 Å². The van der Waals surface area contributed by atoms with Gasteiger partial charge in [0.2, 0.25) is 11.8 Å². The fourth-order valence-electron chi connectivity index (χ4n) is 2.20. The number of carboxylic acid groups (broad SMARTS) is 2. The van der Waals surface area contributed by atoms with Crippen LogP contribution in [0.1, 0.15) is 41.0 Å². The summed E-state index contributed by atoms with van der Waals surface area (Å²) in [6, 6.07) is 3.21. The number of amides is 2. The van der Waals surface area contributed by atoms with Gasteiger partial charge < -0.3 is 10.2 Å². The SMILES string of the molecule is CC1(C)CC(=O)N(c2cc(C(=O)O)cc(C(=O)O)c2)C1=O. The molecule has 7 nitrogen and oxygen atoms in total. The lowest BCUT2D eigenvalue weighted by Gasteiger charge is -2.18. The van der Waals surface area contributed by atoms with Crippen LogP contribution in [0, 0.1) is 5.41 Å². The third kappa shape index (κ3) is 2.49. The van der Waals surface area contributed by atoms with E-state index in [0.29, 0.717) is 0 Å².